The molecule has 0 fully saturated rings. The van der Waals surface area contributed by atoms with E-state index in [0.29, 0.717) is 13.2 Å². The van der Waals surface area contributed by atoms with E-state index in [9.17, 15) is 4.79 Å². The van der Waals surface area contributed by atoms with Crippen LogP contribution in [0.1, 0.15) is 29.2 Å². The van der Waals surface area contributed by atoms with Crippen molar-refractivity contribution >= 4 is 5.91 Å². The van der Waals surface area contributed by atoms with Gasteiger partial charge in [0.1, 0.15) is 18.1 Å². The molecule has 1 amide bonds. The highest BCUT2D eigenvalue weighted by Crippen LogP contribution is 2.24. The van der Waals surface area contributed by atoms with Gasteiger partial charge in [0.15, 0.2) is 6.10 Å². The predicted molar refractivity (Wildman–Crippen MR) is 100 cm³/mol. The summed E-state index contributed by atoms with van der Waals surface area (Å²) < 4.78 is 11.5. The molecule has 134 valence electrons. The summed E-state index contributed by atoms with van der Waals surface area (Å²) in [5.41, 5.74) is 4.49. The van der Waals surface area contributed by atoms with Crippen LogP contribution in [0.5, 0.6) is 11.5 Å². The smallest absolute Gasteiger partial charge is 0.260 e. The number of hydrogen-bond acceptors (Lipinski definition) is 3. The largest absolute Gasteiger partial charge is 0.492 e. The molecule has 1 unspecified atom stereocenters. The van der Waals surface area contributed by atoms with Crippen LogP contribution in [0.4, 0.5) is 0 Å². The first kappa shape index (κ1) is 18.8. The van der Waals surface area contributed by atoms with Crippen molar-refractivity contribution in [2.45, 2.75) is 40.7 Å². The van der Waals surface area contributed by atoms with Crippen LogP contribution in [0.15, 0.2) is 36.4 Å². The molecule has 4 nitrogen and oxygen atoms in total. The Kier molecular flexibility index (Phi) is 6.45. The zero-order valence-electron chi connectivity index (χ0n) is 15.7. The van der Waals surface area contributed by atoms with Gasteiger partial charge in [0.05, 0.1) is 6.54 Å². The molecular weight excluding hydrogens is 314 g/mol. The minimum atomic E-state index is -0.557. The second-order valence-electron chi connectivity index (χ2n) is 6.42. The fraction of sp³-hybridized carbons (Fsp3) is 0.381. The van der Waals surface area contributed by atoms with Crippen molar-refractivity contribution in [3.05, 3.63) is 58.7 Å². The zero-order valence-corrected chi connectivity index (χ0v) is 15.7. The fourth-order valence-corrected chi connectivity index (χ4v) is 2.56. The van der Waals surface area contributed by atoms with E-state index in [2.05, 4.69) is 11.4 Å². The lowest BCUT2D eigenvalue weighted by molar-refractivity contribution is -0.127. The quantitative estimate of drug-likeness (QED) is 0.778. The van der Waals surface area contributed by atoms with Crippen molar-refractivity contribution < 1.29 is 14.3 Å². The average molecular weight is 341 g/mol. The van der Waals surface area contributed by atoms with E-state index in [1.165, 1.54) is 0 Å². The summed E-state index contributed by atoms with van der Waals surface area (Å²) in [7, 11) is 0. The van der Waals surface area contributed by atoms with Gasteiger partial charge in [0.25, 0.3) is 5.91 Å². The number of ether oxygens (including phenoxy) is 2. The Balaban J connectivity index is 1.80. The third-order valence-corrected chi connectivity index (χ3v) is 4.10. The minimum absolute atomic E-state index is 0.147. The summed E-state index contributed by atoms with van der Waals surface area (Å²) in [4.78, 5) is 12.2. The van der Waals surface area contributed by atoms with Crippen molar-refractivity contribution in [3.63, 3.8) is 0 Å². The number of benzene rings is 2. The van der Waals surface area contributed by atoms with Gasteiger partial charge in [-0.1, -0.05) is 18.2 Å². The highest BCUT2D eigenvalue weighted by atomic mass is 16.5. The lowest BCUT2D eigenvalue weighted by Crippen LogP contribution is -2.38. The van der Waals surface area contributed by atoms with Crippen LogP contribution < -0.4 is 14.8 Å². The first-order valence-electron chi connectivity index (χ1n) is 8.58. The van der Waals surface area contributed by atoms with Gasteiger partial charge in [-0.05, 0) is 75.1 Å². The minimum Gasteiger partial charge on any atom is -0.492 e. The number of aryl methyl sites for hydroxylation is 3. The monoisotopic (exact) mass is 341 g/mol. The summed E-state index contributed by atoms with van der Waals surface area (Å²) in [6, 6.07) is 11.9. The normalized spacial score (nSPS) is 11.7. The number of amides is 1. The van der Waals surface area contributed by atoms with Gasteiger partial charge in [-0.25, -0.2) is 0 Å². The lowest BCUT2D eigenvalue weighted by atomic mass is 10.1. The Labute approximate surface area is 150 Å². The molecule has 0 heterocycles. The molecule has 0 aliphatic rings. The maximum absolute atomic E-state index is 12.2. The van der Waals surface area contributed by atoms with Gasteiger partial charge >= 0.3 is 0 Å². The zero-order chi connectivity index (χ0) is 18.4. The van der Waals surface area contributed by atoms with Gasteiger partial charge in [-0.3, -0.25) is 4.79 Å². The predicted octanol–water partition coefficient (Wildman–Crippen LogP) is 3.88. The molecule has 0 bridgehead atoms. The second kappa shape index (κ2) is 8.56. The Morgan fingerprint density at radius 1 is 1.08 bits per heavy atom. The Bertz CT molecular complexity index is 740. The maximum Gasteiger partial charge on any atom is 0.260 e. The van der Waals surface area contributed by atoms with Crippen LogP contribution in [0.3, 0.4) is 0 Å². The molecule has 0 aromatic heterocycles. The number of carbonyl (C=O) groups is 1. The standard InChI is InChI=1S/C21H27NO3/c1-14-7-6-8-19(12-14)24-10-9-22-21(23)18(5)25-20-13-15(2)11-16(3)17(20)4/h6-8,11-13,18H,9-10H2,1-5H3,(H,22,23). The van der Waals surface area contributed by atoms with Crippen LogP contribution >= 0.6 is 0 Å². The summed E-state index contributed by atoms with van der Waals surface area (Å²) in [6.45, 7) is 10.7. The maximum atomic E-state index is 12.2. The van der Waals surface area contributed by atoms with Crippen LogP contribution in [-0.4, -0.2) is 25.2 Å². The van der Waals surface area contributed by atoms with E-state index in [4.69, 9.17) is 9.47 Å². The molecule has 0 aliphatic heterocycles. The molecule has 0 saturated heterocycles. The Hall–Kier alpha value is -2.49. The molecule has 1 N–H and O–H groups in total. The molecule has 4 heteroatoms. The van der Waals surface area contributed by atoms with Crippen LogP contribution in [-0.2, 0) is 4.79 Å². The molecule has 0 aliphatic carbocycles. The van der Waals surface area contributed by atoms with Crippen molar-refractivity contribution in [2.24, 2.45) is 0 Å². The average Bonchev–Trinajstić information content (AvgIpc) is 2.56. The number of rotatable bonds is 7. The molecule has 0 saturated carbocycles. The van der Waals surface area contributed by atoms with Crippen molar-refractivity contribution in [3.8, 4) is 11.5 Å². The molecule has 0 spiro atoms. The first-order chi connectivity index (χ1) is 11.9. The SMILES string of the molecule is Cc1cccc(OCCNC(=O)C(C)Oc2cc(C)cc(C)c2C)c1. The summed E-state index contributed by atoms with van der Waals surface area (Å²) in [5.74, 6) is 1.42. The van der Waals surface area contributed by atoms with Crippen LogP contribution in [0, 0.1) is 27.7 Å². The molecule has 1 atom stereocenters. The molecular formula is C21H27NO3. The van der Waals surface area contributed by atoms with E-state index < -0.39 is 6.10 Å². The Morgan fingerprint density at radius 3 is 2.56 bits per heavy atom. The van der Waals surface area contributed by atoms with E-state index in [1.807, 2.05) is 58.0 Å². The van der Waals surface area contributed by atoms with Gasteiger partial charge in [0.2, 0.25) is 0 Å². The number of carbonyl (C=O) groups excluding carboxylic acids is 1. The Morgan fingerprint density at radius 2 is 1.84 bits per heavy atom. The van der Waals surface area contributed by atoms with E-state index in [0.717, 1.165) is 33.8 Å². The summed E-state index contributed by atoms with van der Waals surface area (Å²) in [5, 5.41) is 2.85. The third-order valence-electron chi connectivity index (χ3n) is 4.10. The fourth-order valence-electron chi connectivity index (χ4n) is 2.56. The van der Waals surface area contributed by atoms with Crippen molar-refractivity contribution in [1.82, 2.24) is 5.32 Å². The summed E-state index contributed by atoms with van der Waals surface area (Å²) >= 11 is 0. The van der Waals surface area contributed by atoms with Gasteiger partial charge in [-0.2, -0.15) is 0 Å². The highest BCUT2D eigenvalue weighted by Gasteiger charge is 2.16. The van der Waals surface area contributed by atoms with Gasteiger partial charge in [-0.15, -0.1) is 0 Å². The number of hydrogen-bond donors (Lipinski definition) is 1. The molecule has 2 rings (SSSR count). The van der Waals surface area contributed by atoms with Gasteiger partial charge in [0, 0.05) is 0 Å². The highest BCUT2D eigenvalue weighted by molar-refractivity contribution is 5.80. The van der Waals surface area contributed by atoms with Crippen molar-refractivity contribution in [2.75, 3.05) is 13.2 Å². The molecule has 0 radical (unpaired) electrons. The molecule has 2 aromatic rings. The van der Waals surface area contributed by atoms with Crippen LogP contribution in [0.25, 0.3) is 0 Å². The van der Waals surface area contributed by atoms with Gasteiger partial charge < -0.3 is 14.8 Å². The molecule has 25 heavy (non-hydrogen) atoms. The van der Waals surface area contributed by atoms with Crippen molar-refractivity contribution in [1.29, 1.82) is 0 Å². The van der Waals surface area contributed by atoms with E-state index >= 15 is 0 Å². The lowest BCUT2D eigenvalue weighted by Gasteiger charge is -2.18. The van der Waals surface area contributed by atoms with E-state index in [1.54, 1.807) is 6.92 Å². The first-order valence-corrected chi connectivity index (χ1v) is 8.58. The summed E-state index contributed by atoms with van der Waals surface area (Å²) in [6.07, 6.45) is -0.557. The van der Waals surface area contributed by atoms with E-state index in [-0.39, 0.29) is 5.91 Å². The third kappa shape index (κ3) is 5.52. The van der Waals surface area contributed by atoms with Crippen LogP contribution in [0.2, 0.25) is 0 Å². The second-order valence-corrected chi connectivity index (χ2v) is 6.42. The topological polar surface area (TPSA) is 47.6 Å². The molecule has 2 aromatic carbocycles. The number of nitrogens with one attached hydrogen (secondary N) is 1.